The Balaban J connectivity index is 0.000000151. The van der Waals surface area contributed by atoms with Crippen LogP contribution < -0.4 is 5.32 Å². The van der Waals surface area contributed by atoms with E-state index in [2.05, 4.69) is 65.6 Å². The van der Waals surface area contributed by atoms with E-state index < -0.39 is 0 Å². The standard InChI is InChI=1S/C13H18FN.C13H19NO.C12H16FN/c1-15-9-7-13(11-14,8-10-15)12-5-3-2-4-6-12;1-14-9-7-13(11-15,8-10-14)12-5-3-2-4-6-12;13-10-12(6-8-14-9-7-12)11-4-2-1-3-5-11/h2-6H,7-11H2,1H3;2-6,15H,7-11H2,1H3;1-5,14H,6-10H2. The molecule has 0 saturated carbocycles. The molecule has 3 fully saturated rings. The molecule has 4 nitrogen and oxygen atoms in total. The van der Waals surface area contributed by atoms with Gasteiger partial charge in [-0.1, -0.05) is 91.0 Å². The van der Waals surface area contributed by atoms with Gasteiger partial charge in [0.2, 0.25) is 0 Å². The van der Waals surface area contributed by atoms with Crippen LogP contribution in [-0.2, 0) is 16.2 Å². The number of nitrogens with zero attached hydrogens (tertiary/aromatic N) is 2. The molecule has 0 radical (unpaired) electrons. The van der Waals surface area contributed by atoms with Crippen LogP contribution in [0, 0.1) is 0 Å². The van der Waals surface area contributed by atoms with Crippen LogP contribution in [-0.4, -0.2) is 88.2 Å². The number of hydrogen-bond donors (Lipinski definition) is 2. The number of aliphatic hydroxyl groups is 1. The number of halogens is 2. The SMILES string of the molecule is CN1CCC(CF)(c2ccccc2)CC1.CN1CCC(CO)(c2ccccc2)CC1.FCC1(c2ccccc2)CCNCC1. The van der Waals surface area contributed by atoms with Gasteiger partial charge in [0.15, 0.2) is 0 Å². The third-order valence-electron chi connectivity index (χ3n) is 10.4. The first-order chi connectivity index (χ1) is 21.4. The van der Waals surface area contributed by atoms with Gasteiger partial charge < -0.3 is 20.2 Å². The zero-order valence-corrected chi connectivity index (χ0v) is 26.9. The third kappa shape index (κ3) is 8.54. The van der Waals surface area contributed by atoms with Gasteiger partial charge in [0.1, 0.15) is 0 Å². The molecule has 0 unspecified atom stereocenters. The van der Waals surface area contributed by atoms with E-state index in [-0.39, 0.29) is 36.2 Å². The van der Waals surface area contributed by atoms with Crippen molar-refractivity contribution in [2.45, 2.75) is 54.8 Å². The number of rotatable bonds is 6. The Kier molecular flexibility index (Phi) is 12.9. The summed E-state index contributed by atoms with van der Waals surface area (Å²) in [6.07, 6.45) is 5.81. The second kappa shape index (κ2) is 16.6. The van der Waals surface area contributed by atoms with E-state index in [4.69, 9.17) is 0 Å². The molecule has 0 aromatic heterocycles. The predicted octanol–water partition coefficient (Wildman–Crippen LogP) is 6.54. The highest BCUT2D eigenvalue weighted by Gasteiger charge is 2.36. The molecule has 0 amide bonds. The normalized spacial score (nSPS) is 21.2. The zero-order chi connectivity index (χ0) is 31.3. The van der Waals surface area contributed by atoms with E-state index in [9.17, 15) is 13.9 Å². The Hall–Kier alpha value is -2.64. The fourth-order valence-electron chi connectivity index (χ4n) is 6.91. The minimum Gasteiger partial charge on any atom is -0.395 e. The number of aliphatic hydroxyl groups excluding tert-OH is 1. The van der Waals surface area contributed by atoms with Crippen LogP contribution in [0.5, 0.6) is 0 Å². The molecule has 3 aromatic carbocycles. The van der Waals surface area contributed by atoms with Gasteiger partial charge in [-0.3, -0.25) is 8.78 Å². The zero-order valence-electron chi connectivity index (χ0n) is 26.9. The highest BCUT2D eigenvalue weighted by atomic mass is 19.1. The fourth-order valence-corrected chi connectivity index (χ4v) is 6.91. The van der Waals surface area contributed by atoms with Crippen LogP contribution in [0.25, 0.3) is 0 Å². The quantitative estimate of drug-likeness (QED) is 0.335. The Bertz CT molecular complexity index is 1120. The number of benzene rings is 3. The Morgan fingerprint density at radius 2 is 0.864 bits per heavy atom. The van der Waals surface area contributed by atoms with Crippen molar-refractivity contribution in [3.63, 3.8) is 0 Å². The monoisotopic (exact) mass is 605 g/mol. The first-order valence-electron chi connectivity index (χ1n) is 16.4. The lowest BCUT2D eigenvalue weighted by molar-refractivity contribution is 0.114. The van der Waals surface area contributed by atoms with Crippen LogP contribution in [0.15, 0.2) is 91.0 Å². The van der Waals surface area contributed by atoms with E-state index in [0.717, 1.165) is 83.4 Å². The first kappa shape index (κ1) is 34.2. The minimum absolute atomic E-state index is 0.00771. The Morgan fingerprint density at radius 3 is 1.20 bits per heavy atom. The molecule has 6 heteroatoms. The summed E-state index contributed by atoms with van der Waals surface area (Å²) in [7, 11) is 4.25. The van der Waals surface area contributed by atoms with Crippen LogP contribution in [0.3, 0.4) is 0 Å². The third-order valence-corrected chi connectivity index (χ3v) is 10.4. The maximum absolute atomic E-state index is 13.3. The van der Waals surface area contributed by atoms with Crippen molar-refractivity contribution in [1.29, 1.82) is 0 Å². The number of piperidine rings is 3. The molecular weight excluding hydrogens is 552 g/mol. The molecule has 240 valence electrons. The van der Waals surface area contributed by atoms with E-state index in [1.54, 1.807) is 0 Å². The molecule has 6 rings (SSSR count). The molecule has 2 N–H and O–H groups in total. The number of alkyl halides is 2. The van der Waals surface area contributed by atoms with Gasteiger partial charge in [-0.2, -0.15) is 0 Å². The average Bonchev–Trinajstić information content (AvgIpc) is 3.11. The molecule has 3 aliphatic rings. The number of nitrogens with one attached hydrogen (secondary N) is 1. The molecule has 0 spiro atoms. The van der Waals surface area contributed by atoms with Gasteiger partial charge in [-0.25, -0.2) is 0 Å². The number of hydrogen-bond acceptors (Lipinski definition) is 4. The average molecular weight is 606 g/mol. The maximum Gasteiger partial charge on any atom is 0.0991 e. The summed E-state index contributed by atoms with van der Waals surface area (Å²) in [5.74, 6) is 0. The van der Waals surface area contributed by atoms with Crippen molar-refractivity contribution in [2.75, 3.05) is 73.3 Å². The summed E-state index contributed by atoms with van der Waals surface area (Å²) in [5, 5.41) is 12.9. The predicted molar refractivity (Wildman–Crippen MR) is 179 cm³/mol. The highest BCUT2D eigenvalue weighted by molar-refractivity contribution is 5.28. The maximum atomic E-state index is 13.3. The van der Waals surface area contributed by atoms with Crippen molar-refractivity contribution < 1.29 is 13.9 Å². The first-order valence-corrected chi connectivity index (χ1v) is 16.4. The van der Waals surface area contributed by atoms with E-state index in [0.29, 0.717) is 0 Å². The Labute approximate surface area is 264 Å². The summed E-state index contributed by atoms with van der Waals surface area (Å²) >= 11 is 0. The summed E-state index contributed by atoms with van der Waals surface area (Å²) in [6, 6.07) is 30.6. The van der Waals surface area contributed by atoms with Crippen LogP contribution in [0.2, 0.25) is 0 Å². The second-order valence-corrected chi connectivity index (χ2v) is 13.2. The molecule has 0 bridgehead atoms. The molecule has 44 heavy (non-hydrogen) atoms. The van der Waals surface area contributed by atoms with Crippen molar-refractivity contribution in [3.8, 4) is 0 Å². The fraction of sp³-hybridized carbons (Fsp3) is 0.526. The van der Waals surface area contributed by atoms with Crippen LogP contribution >= 0.6 is 0 Å². The minimum atomic E-state index is -0.237. The van der Waals surface area contributed by atoms with Crippen molar-refractivity contribution in [2.24, 2.45) is 0 Å². The lowest BCUT2D eigenvalue weighted by Gasteiger charge is -2.39. The van der Waals surface area contributed by atoms with E-state index in [1.165, 1.54) is 11.1 Å². The molecule has 0 aliphatic carbocycles. The van der Waals surface area contributed by atoms with E-state index >= 15 is 0 Å². The van der Waals surface area contributed by atoms with Crippen molar-refractivity contribution in [1.82, 2.24) is 15.1 Å². The van der Waals surface area contributed by atoms with Gasteiger partial charge in [0.05, 0.1) is 20.0 Å². The summed E-state index contributed by atoms with van der Waals surface area (Å²) in [6.45, 7) is 5.81. The van der Waals surface area contributed by atoms with Crippen LogP contribution in [0.1, 0.15) is 55.2 Å². The molecule has 3 aromatic rings. The largest absolute Gasteiger partial charge is 0.395 e. The van der Waals surface area contributed by atoms with E-state index in [1.807, 2.05) is 54.6 Å². The van der Waals surface area contributed by atoms with Gasteiger partial charge in [0.25, 0.3) is 0 Å². The summed E-state index contributed by atoms with van der Waals surface area (Å²) in [4.78, 5) is 4.60. The summed E-state index contributed by atoms with van der Waals surface area (Å²) in [5.41, 5.74) is 3.19. The lowest BCUT2D eigenvalue weighted by Crippen LogP contribution is -2.43. The Morgan fingerprint density at radius 1 is 0.545 bits per heavy atom. The van der Waals surface area contributed by atoms with Crippen molar-refractivity contribution in [3.05, 3.63) is 108 Å². The van der Waals surface area contributed by atoms with Gasteiger partial charge in [-0.15, -0.1) is 0 Å². The van der Waals surface area contributed by atoms with Gasteiger partial charge >= 0.3 is 0 Å². The van der Waals surface area contributed by atoms with Gasteiger partial charge in [-0.05, 0) is 109 Å². The number of likely N-dealkylation sites (tertiary alicyclic amines) is 2. The van der Waals surface area contributed by atoms with Crippen molar-refractivity contribution >= 4 is 0 Å². The smallest absolute Gasteiger partial charge is 0.0991 e. The highest BCUT2D eigenvalue weighted by Crippen LogP contribution is 2.36. The molecule has 3 heterocycles. The summed E-state index contributed by atoms with van der Waals surface area (Å²) < 4.78 is 26.5. The molecular formula is C38H53F2N3O. The van der Waals surface area contributed by atoms with Crippen LogP contribution in [0.4, 0.5) is 8.78 Å². The topological polar surface area (TPSA) is 38.7 Å². The molecule has 3 saturated heterocycles. The lowest BCUT2D eigenvalue weighted by atomic mass is 9.73. The molecule has 3 aliphatic heterocycles. The van der Waals surface area contributed by atoms with Gasteiger partial charge in [0, 0.05) is 16.2 Å². The second-order valence-electron chi connectivity index (χ2n) is 13.2. The molecule has 0 atom stereocenters.